The first-order valence-corrected chi connectivity index (χ1v) is 10.2. The van der Waals surface area contributed by atoms with Gasteiger partial charge in [0.25, 0.3) is 5.91 Å². The summed E-state index contributed by atoms with van der Waals surface area (Å²) in [6.45, 7) is 4.94. The molecule has 7 nitrogen and oxygen atoms in total. The number of hydrogen-bond acceptors (Lipinski definition) is 6. The molecular weight excluding hydrogens is 376 g/mol. The van der Waals surface area contributed by atoms with Gasteiger partial charge in [-0.25, -0.2) is 9.97 Å². The largest absolute Gasteiger partial charge is 0.383 e. The van der Waals surface area contributed by atoms with Gasteiger partial charge in [0.2, 0.25) is 0 Å². The van der Waals surface area contributed by atoms with Crippen molar-refractivity contribution in [1.29, 1.82) is 0 Å². The molecule has 4 rings (SSSR count). The van der Waals surface area contributed by atoms with Crippen LogP contribution in [-0.4, -0.2) is 51.6 Å². The molecule has 1 saturated carbocycles. The van der Waals surface area contributed by atoms with Gasteiger partial charge < -0.3 is 10.6 Å². The van der Waals surface area contributed by atoms with Crippen LogP contribution < -0.4 is 5.73 Å². The van der Waals surface area contributed by atoms with Gasteiger partial charge in [0.15, 0.2) is 0 Å². The Bertz CT molecular complexity index is 1120. The maximum atomic E-state index is 13.1. The summed E-state index contributed by atoms with van der Waals surface area (Å²) in [4.78, 5) is 32.6. The Hall–Kier alpha value is -3.35. The van der Waals surface area contributed by atoms with Crippen molar-refractivity contribution in [2.45, 2.75) is 32.7 Å². The highest BCUT2D eigenvalue weighted by Crippen LogP contribution is 2.31. The third-order valence-electron chi connectivity index (χ3n) is 5.34. The normalized spacial score (nSPS) is 14.0. The van der Waals surface area contributed by atoms with Crippen LogP contribution in [0.1, 0.15) is 42.6 Å². The van der Waals surface area contributed by atoms with Crippen LogP contribution in [-0.2, 0) is 0 Å². The number of pyridine rings is 1. The van der Waals surface area contributed by atoms with Gasteiger partial charge >= 0.3 is 0 Å². The molecule has 0 spiro atoms. The molecule has 2 N–H and O–H groups in total. The van der Waals surface area contributed by atoms with E-state index in [9.17, 15) is 4.79 Å². The highest BCUT2D eigenvalue weighted by atomic mass is 16.2. The van der Waals surface area contributed by atoms with E-state index in [1.807, 2.05) is 29.2 Å². The molecule has 1 aliphatic carbocycles. The maximum Gasteiger partial charge on any atom is 0.254 e. The number of anilines is 1. The van der Waals surface area contributed by atoms with Crippen molar-refractivity contribution in [2.24, 2.45) is 10.9 Å². The number of rotatable bonds is 6. The fourth-order valence-electron chi connectivity index (χ4n) is 3.43. The average molecular weight is 403 g/mol. The molecule has 0 unspecified atom stereocenters. The monoisotopic (exact) mass is 402 g/mol. The van der Waals surface area contributed by atoms with Crippen LogP contribution >= 0.6 is 0 Å². The van der Waals surface area contributed by atoms with Gasteiger partial charge in [0.05, 0.1) is 22.9 Å². The second-order valence-corrected chi connectivity index (χ2v) is 8.04. The SMILES string of the molecule is CN=Cc1cc(-c2cnc3ccc(C(=O)N(CC4CC4)C(C)C)cc3n2)cnc1N. The van der Waals surface area contributed by atoms with Gasteiger partial charge in [0, 0.05) is 48.7 Å². The van der Waals surface area contributed by atoms with E-state index in [4.69, 9.17) is 10.7 Å². The number of nitrogens with zero attached hydrogens (tertiary/aromatic N) is 5. The smallest absolute Gasteiger partial charge is 0.254 e. The van der Waals surface area contributed by atoms with Crippen molar-refractivity contribution in [2.75, 3.05) is 19.3 Å². The summed E-state index contributed by atoms with van der Waals surface area (Å²) >= 11 is 0. The Morgan fingerprint density at radius 2 is 2.03 bits per heavy atom. The lowest BCUT2D eigenvalue weighted by atomic mass is 10.1. The average Bonchev–Trinajstić information content (AvgIpc) is 3.56. The topological polar surface area (TPSA) is 97.4 Å². The minimum Gasteiger partial charge on any atom is -0.383 e. The van der Waals surface area contributed by atoms with Crippen molar-refractivity contribution in [3.8, 4) is 11.3 Å². The first kappa shape index (κ1) is 19.9. The molecule has 7 heteroatoms. The lowest BCUT2D eigenvalue weighted by Crippen LogP contribution is -2.38. The number of aromatic nitrogens is 3. The van der Waals surface area contributed by atoms with E-state index in [1.165, 1.54) is 12.8 Å². The number of aliphatic imine (C=N–C) groups is 1. The van der Waals surface area contributed by atoms with Crippen LogP contribution in [0.2, 0.25) is 0 Å². The minimum atomic E-state index is 0.0431. The number of carbonyl (C=O) groups excluding carboxylic acids is 1. The van der Waals surface area contributed by atoms with Gasteiger partial charge in [-0.3, -0.25) is 14.8 Å². The van der Waals surface area contributed by atoms with Crippen molar-refractivity contribution < 1.29 is 4.79 Å². The van der Waals surface area contributed by atoms with Crippen molar-refractivity contribution >= 4 is 29.0 Å². The zero-order valence-corrected chi connectivity index (χ0v) is 17.5. The molecule has 0 radical (unpaired) electrons. The van der Waals surface area contributed by atoms with E-state index in [0.717, 1.165) is 23.2 Å². The molecule has 1 amide bonds. The fraction of sp³-hybridized carbons (Fsp3) is 0.348. The first-order valence-electron chi connectivity index (χ1n) is 10.2. The van der Waals surface area contributed by atoms with E-state index in [0.29, 0.717) is 28.5 Å². The number of nitrogens with two attached hydrogens (primary N) is 1. The molecule has 0 bridgehead atoms. The van der Waals surface area contributed by atoms with Crippen LogP contribution in [0.15, 0.2) is 41.7 Å². The lowest BCUT2D eigenvalue weighted by molar-refractivity contribution is 0.0696. The predicted octanol–water partition coefficient (Wildman–Crippen LogP) is 3.58. The molecule has 1 fully saturated rings. The molecule has 30 heavy (non-hydrogen) atoms. The van der Waals surface area contributed by atoms with Crippen molar-refractivity contribution in [1.82, 2.24) is 19.9 Å². The standard InChI is InChI=1S/C23H26N6O/c1-14(2)29(13-15-4-5-15)23(30)16-6-7-19-20(9-16)28-21(12-26-19)17-8-18(10-25-3)22(24)27-11-17/h6-12,14-15H,4-5,13H2,1-3H3,(H2,24,27). The van der Waals surface area contributed by atoms with E-state index >= 15 is 0 Å². The number of fused-ring (bicyclic) bond motifs is 1. The molecule has 3 aromatic rings. The number of carbonyl (C=O) groups is 1. The molecule has 154 valence electrons. The Morgan fingerprint density at radius 3 is 2.73 bits per heavy atom. The highest BCUT2D eigenvalue weighted by Gasteiger charge is 2.28. The molecular formula is C23H26N6O. The Kier molecular flexibility index (Phi) is 5.44. The molecule has 0 atom stereocenters. The van der Waals surface area contributed by atoms with Crippen LogP contribution in [0, 0.1) is 5.92 Å². The number of hydrogen-bond donors (Lipinski definition) is 1. The molecule has 2 aromatic heterocycles. The van der Waals surface area contributed by atoms with Crippen LogP contribution in [0.3, 0.4) is 0 Å². The second-order valence-electron chi connectivity index (χ2n) is 8.04. The summed E-state index contributed by atoms with van der Waals surface area (Å²) in [6, 6.07) is 7.56. The Morgan fingerprint density at radius 1 is 1.23 bits per heavy atom. The van der Waals surface area contributed by atoms with Gasteiger partial charge in [-0.1, -0.05) is 0 Å². The van der Waals surface area contributed by atoms with E-state index in [1.54, 1.807) is 25.7 Å². The second kappa shape index (κ2) is 8.18. The van der Waals surface area contributed by atoms with E-state index < -0.39 is 0 Å². The molecule has 2 heterocycles. The summed E-state index contributed by atoms with van der Waals surface area (Å²) < 4.78 is 0. The molecule has 1 aromatic carbocycles. The van der Waals surface area contributed by atoms with Crippen molar-refractivity contribution in [3.05, 3.63) is 47.8 Å². The van der Waals surface area contributed by atoms with Crippen LogP contribution in [0.5, 0.6) is 0 Å². The molecule has 0 aliphatic heterocycles. The summed E-state index contributed by atoms with van der Waals surface area (Å²) in [7, 11) is 1.68. The van der Waals surface area contributed by atoms with Gasteiger partial charge in [-0.05, 0) is 56.9 Å². The van der Waals surface area contributed by atoms with Crippen LogP contribution in [0.4, 0.5) is 5.82 Å². The summed E-state index contributed by atoms with van der Waals surface area (Å²) in [5, 5.41) is 0. The maximum absolute atomic E-state index is 13.1. The Labute approximate surface area is 176 Å². The zero-order valence-electron chi connectivity index (χ0n) is 17.5. The van der Waals surface area contributed by atoms with Crippen LogP contribution in [0.25, 0.3) is 22.3 Å². The third kappa shape index (κ3) is 4.15. The quantitative estimate of drug-likeness (QED) is 0.636. The van der Waals surface area contributed by atoms with E-state index in [2.05, 4.69) is 28.8 Å². The van der Waals surface area contributed by atoms with Gasteiger partial charge in [0.1, 0.15) is 5.82 Å². The number of nitrogen functional groups attached to an aromatic ring is 1. The van der Waals surface area contributed by atoms with Gasteiger partial charge in [-0.2, -0.15) is 0 Å². The Balaban J connectivity index is 1.69. The summed E-state index contributed by atoms with van der Waals surface area (Å²) in [5.41, 5.74) is 10.2. The number of amides is 1. The molecule has 1 aliphatic rings. The predicted molar refractivity (Wildman–Crippen MR) is 120 cm³/mol. The first-order chi connectivity index (χ1) is 14.5. The third-order valence-corrected chi connectivity index (χ3v) is 5.34. The number of benzene rings is 1. The highest BCUT2D eigenvalue weighted by molar-refractivity contribution is 5.97. The fourth-order valence-corrected chi connectivity index (χ4v) is 3.43. The van der Waals surface area contributed by atoms with Crippen molar-refractivity contribution in [3.63, 3.8) is 0 Å². The zero-order chi connectivity index (χ0) is 21.3. The molecule has 0 saturated heterocycles. The summed E-state index contributed by atoms with van der Waals surface area (Å²) in [5.74, 6) is 1.10. The van der Waals surface area contributed by atoms with E-state index in [-0.39, 0.29) is 11.9 Å². The lowest BCUT2D eigenvalue weighted by Gasteiger charge is -2.27. The van der Waals surface area contributed by atoms with Gasteiger partial charge in [-0.15, -0.1) is 0 Å². The summed E-state index contributed by atoms with van der Waals surface area (Å²) in [6.07, 6.45) is 7.46. The minimum absolute atomic E-state index is 0.0431.